The number of pyridine rings is 1. The van der Waals surface area contributed by atoms with Gasteiger partial charge in [0.25, 0.3) is 0 Å². The molecule has 5 nitrogen and oxygen atoms in total. The molecular weight excluding hydrogens is 280 g/mol. The summed E-state index contributed by atoms with van der Waals surface area (Å²) in [5, 5.41) is 9.28. The Balaban J connectivity index is 2.01. The fourth-order valence-electron chi connectivity index (χ4n) is 1.58. The Kier molecular flexibility index (Phi) is 4.55. The van der Waals surface area contributed by atoms with E-state index in [-0.39, 0.29) is 6.42 Å². The van der Waals surface area contributed by atoms with Crippen LogP contribution in [0.1, 0.15) is 5.56 Å². The highest BCUT2D eigenvalue weighted by Gasteiger charge is 2.11. The third kappa shape index (κ3) is 3.94. The number of hydrogen-bond acceptors (Lipinski definition) is 4. The minimum absolute atomic E-state index is 0.273. The first kappa shape index (κ1) is 14.3. The number of rotatable bonds is 5. The second kappa shape index (κ2) is 6.36. The van der Waals surface area contributed by atoms with Crippen molar-refractivity contribution >= 4 is 17.6 Å². The summed E-state index contributed by atoms with van der Waals surface area (Å²) in [6, 6.07) is 9.46. The number of nitrogens with two attached hydrogens (primary N) is 1. The van der Waals surface area contributed by atoms with Crippen LogP contribution in [0.25, 0.3) is 0 Å². The molecule has 0 saturated heterocycles. The molecule has 0 amide bonds. The van der Waals surface area contributed by atoms with Gasteiger partial charge < -0.3 is 15.6 Å². The molecule has 0 aliphatic heterocycles. The molecule has 6 heteroatoms. The average Bonchev–Trinajstić information content (AvgIpc) is 2.43. The lowest BCUT2D eigenvalue weighted by Gasteiger charge is -2.08. The summed E-state index contributed by atoms with van der Waals surface area (Å²) in [5.41, 5.74) is 6.30. The van der Waals surface area contributed by atoms with Crippen molar-refractivity contribution in [1.82, 2.24) is 4.98 Å². The molecule has 1 heterocycles. The maximum atomic E-state index is 10.7. The molecule has 104 valence electrons. The molecule has 0 aliphatic rings. The van der Waals surface area contributed by atoms with Crippen LogP contribution in [0.4, 0.5) is 0 Å². The third-order valence-electron chi connectivity index (χ3n) is 2.62. The number of carbonyl (C=O) groups is 1. The van der Waals surface area contributed by atoms with Crippen molar-refractivity contribution in [2.24, 2.45) is 5.73 Å². The molecule has 0 aliphatic carbocycles. The molecule has 0 fully saturated rings. The van der Waals surface area contributed by atoms with Crippen LogP contribution in [-0.2, 0) is 11.2 Å². The standard InChI is InChI=1S/C14H13ClN2O3/c15-10-3-6-13(17-8-10)20-11-4-1-9(2-5-11)7-12(16)14(18)19/h1-6,8,12H,7,16H2,(H,18,19). The van der Waals surface area contributed by atoms with Crippen LogP contribution < -0.4 is 10.5 Å². The number of carboxylic acid groups (broad SMARTS) is 1. The number of aliphatic carboxylic acids is 1. The maximum absolute atomic E-state index is 10.7. The zero-order chi connectivity index (χ0) is 14.5. The number of hydrogen-bond donors (Lipinski definition) is 2. The van der Waals surface area contributed by atoms with Gasteiger partial charge in [-0.05, 0) is 30.2 Å². The highest BCUT2D eigenvalue weighted by atomic mass is 35.5. The molecule has 2 rings (SSSR count). The first-order valence-electron chi connectivity index (χ1n) is 5.91. The van der Waals surface area contributed by atoms with Gasteiger partial charge in [-0.25, -0.2) is 4.98 Å². The van der Waals surface area contributed by atoms with Crippen LogP contribution in [0, 0.1) is 0 Å². The molecule has 2 aromatic rings. The quantitative estimate of drug-likeness (QED) is 0.884. The topological polar surface area (TPSA) is 85.4 Å². The molecule has 0 saturated carbocycles. The van der Waals surface area contributed by atoms with Gasteiger partial charge in [0.1, 0.15) is 11.8 Å². The Bertz CT molecular complexity index is 584. The van der Waals surface area contributed by atoms with Gasteiger partial charge in [0.2, 0.25) is 5.88 Å². The molecule has 0 radical (unpaired) electrons. The predicted molar refractivity (Wildman–Crippen MR) is 75.1 cm³/mol. The fraction of sp³-hybridized carbons (Fsp3) is 0.143. The van der Waals surface area contributed by atoms with Crippen molar-refractivity contribution in [3.63, 3.8) is 0 Å². The number of carboxylic acids is 1. The van der Waals surface area contributed by atoms with E-state index in [0.29, 0.717) is 16.7 Å². The Labute approximate surface area is 121 Å². The van der Waals surface area contributed by atoms with E-state index in [1.165, 1.54) is 6.20 Å². The predicted octanol–water partition coefficient (Wildman–Crippen LogP) is 2.48. The highest BCUT2D eigenvalue weighted by molar-refractivity contribution is 6.30. The first-order chi connectivity index (χ1) is 9.54. The number of benzene rings is 1. The summed E-state index contributed by atoms with van der Waals surface area (Å²) >= 11 is 5.73. The van der Waals surface area contributed by atoms with E-state index in [2.05, 4.69) is 4.98 Å². The van der Waals surface area contributed by atoms with Crippen molar-refractivity contribution in [3.05, 3.63) is 53.2 Å². The molecule has 0 spiro atoms. The van der Waals surface area contributed by atoms with E-state index in [0.717, 1.165) is 5.56 Å². The highest BCUT2D eigenvalue weighted by Crippen LogP contribution is 2.21. The van der Waals surface area contributed by atoms with Crippen molar-refractivity contribution < 1.29 is 14.6 Å². The second-order valence-electron chi connectivity index (χ2n) is 4.21. The van der Waals surface area contributed by atoms with Gasteiger partial charge in [-0.3, -0.25) is 4.79 Å². The van der Waals surface area contributed by atoms with Gasteiger partial charge in [-0.1, -0.05) is 23.7 Å². The van der Waals surface area contributed by atoms with E-state index >= 15 is 0 Å². The van der Waals surface area contributed by atoms with Gasteiger partial charge in [0.05, 0.1) is 5.02 Å². The molecule has 1 aromatic heterocycles. The summed E-state index contributed by atoms with van der Waals surface area (Å²) in [6.07, 6.45) is 1.77. The molecule has 20 heavy (non-hydrogen) atoms. The average molecular weight is 293 g/mol. The van der Waals surface area contributed by atoms with Gasteiger partial charge in [0, 0.05) is 12.3 Å². The van der Waals surface area contributed by atoms with Crippen LogP contribution in [0.2, 0.25) is 5.02 Å². The van der Waals surface area contributed by atoms with Crippen molar-refractivity contribution in [3.8, 4) is 11.6 Å². The zero-order valence-corrected chi connectivity index (χ0v) is 11.2. The number of aromatic nitrogens is 1. The second-order valence-corrected chi connectivity index (χ2v) is 4.65. The summed E-state index contributed by atoms with van der Waals surface area (Å²) in [5.74, 6) is 0.0209. The van der Waals surface area contributed by atoms with E-state index < -0.39 is 12.0 Å². The monoisotopic (exact) mass is 292 g/mol. The largest absolute Gasteiger partial charge is 0.480 e. The molecule has 1 atom stereocenters. The third-order valence-corrected chi connectivity index (χ3v) is 2.84. The number of halogens is 1. The Hall–Kier alpha value is -2.11. The molecule has 1 unspecified atom stereocenters. The number of nitrogens with zero attached hydrogens (tertiary/aromatic N) is 1. The summed E-state index contributed by atoms with van der Waals surface area (Å²) in [4.78, 5) is 14.7. The van der Waals surface area contributed by atoms with Crippen molar-refractivity contribution in [1.29, 1.82) is 0 Å². The van der Waals surface area contributed by atoms with Crippen molar-refractivity contribution in [2.45, 2.75) is 12.5 Å². The van der Waals surface area contributed by atoms with Crippen molar-refractivity contribution in [2.75, 3.05) is 0 Å². The Morgan fingerprint density at radius 1 is 1.30 bits per heavy atom. The summed E-state index contributed by atoms with van der Waals surface area (Å²) in [6.45, 7) is 0. The lowest BCUT2D eigenvalue weighted by Crippen LogP contribution is -2.32. The van der Waals surface area contributed by atoms with Gasteiger partial charge in [-0.2, -0.15) is 0 Å². The smallest absolute Gasteiger partial charge is 0.320 e. The van der Waals surface area contributed by atoms with E-state index in [4.69, 9.17) is 27.2 Å². The zero-order valence-electron chi connectivity index (χ0n) is 10.5. The van der Waals surface area contributed by atoms with Gasteiger partial charge >= 0.3 is 5.97 Å². The first-order valence-corrected chi connectivity index (χ1v) is 6.29. The lowest BCUT2D eigenvalue weighted by molar-refractivity contribution is -0.138. The summed E-state index contributed by atoms with van der Waals surface area (Å²) in [7, 11) is 0. The minimum atomic E-state index is -1.02. The van der Waals surface area contributed by atoms with E-state index in [1.54, 1.807) is 36.4 Å². The fourth-order valence-corrected chi connectivity index (χ4v) is 1.69. The maximum Gasteiger partial charge on any atom is 0.320 e. The van der Waals surface area contributed by atoms with Crippen LogP contribution in [-0.4, -0.2) is 22.1 Å². The molecule has 3 N–H and O–H groups in total. The molecule has 0 bridgehead atoms. The van der Waals surface area contributed by atoms with Gasteiger partial charge in [-0.15, -0.1) is 0 Å². The normalized spacial score (nSPS) is 11.9. The van der Waals surface area contributed by atoms with Crippen LogP contribution in [0.5, 0.6) is 11.6 Å². The minimum Gasteiger partial charge on any atom is -0.480 e. The molecule has 1 aromatic carbocycles. The summed E-state index contributed by atoms with van der Waals surface area (Å²) < 4.78 is 5.52. The van der Waals surface area contributed by atoms with E-state index in [1.807, 2.05) is 0 Å². The Morgan fingerprint density at radius 2 is 2.00 bits per heavy atom. The Morgan fingerprint density at radius 3 is 2.55 bits per heavy atom. The lowest BCUT2D eigenvalue weighted by atomic mass is 10.1. The molecular formula is C14H13ClN2O3. The number of ether oxygens (including phenoxy) is 1. The SMILES string of the molecule is NC(Cc1ccc(Oc2ccc(Cl)cn2)cc1)C(=O)O. The van der Waals surface area contributed by atoms with E-state index in [9.17, 15) is 4.79 Å². The van der Waals surface area contributed by atoms with Crippen LogP contribution >= 0.6 is 11.6 Å². The van der Waals surface area contributed by atoms with Crippen LogP contribution in [0.15, 0.2) is 42.6 Å². The van der Waals surface area contributed by atoms with Gasteiger partial charge in [0.15, 0.2) is 0 Å². The van der Waals surface area contributed by atoms with Crippen LogP contribution in [0.3, 0.4) is 0 Å².